The molecule has 2 rings (SSSR count). The third-order valence-electron chi connectivity index (χ3n) is 3.73. The normalized spacial score (nSPS) is 50.2. The minimum absolute atomic E-state index is 0.239. The van der Waals surface area contributed by atoms with Gasteiger partial charge in [0.1, 0.15) is 23.7 Å². The van der Waals surface area contributed by atoms with E-state index in [9.17, 15) is 20.4 Å². The van der Waals surface area contributed by atoms with Gasteiger partial charge in [-0.1, -0.05) is 0 Å². The molecule has 0 amide bonds. The lowest BCUT2D eigenvalue weighted by molar-refractivity contribution is -0.192. The number of aliphatic hydroxyl groups is 4. The van der Waals surface area contributed by atoms with Crippen molar-refractivity contribution < 1.29 is 25.2 Å². The van der Waals surface area contributed by atoms with Crippen molar-refractivity contribution in [2.45, 2.75) is 73.8 Å². The van der Waals surface area contributed by atoms with Gasteiger partial charge in [0, 0.05) is 5.25 Å². The van der Waals surface area contributed by atoms with Crippen LogP contribution >= 0.6 is 11.8 Å². The Balaban J connectivity index is 1.92. The molecule has 2 aliphatic rings. The van der Waals surface area contributed by atoms with Gasteiger partial charge in [0.25, 0.3) is 0 Å². The van der Waals surface area contributed by atoms with Crippen LogP contribution in [0, 0.1) is 0 Å². The maximum absolute atomic E-state index is 9.90. The molecule has 5 nitrogen and oxygen atoms in total. The molecule has 0 aromatic heterocycles. The Morgan fingerprint density at radius 1 is 1.00 bits per heavy atom. The lowest BCUT2D eigenvalue weighted by atomic mass is 9.97. The number of aliphatic hydroxyl groups excluding tert-OH is 4. The van der Waals surface area contributed by atoms with Gasteiger partial charge < -0.3 is 25.2 Å². The Kier molecular flexibility index (Phi) is 4.91. The van der Waals surface area contributed by atoms with E-state index in [1.807, 2.05) is 0 Å². The molecule has 0 bridgehead atoms. The van der Waals surface area contributed by atoms with E-state index >= 15 is 0 Å². The molecule has 1 saturated carbocycles. The summed E-state index contributed by atoms with van der Waals surface area (Å²) in [6.07, 6.45) is -0.565. The summed E-state index contributed by atoms with van der Waals surface area (Å²) in [7, 11) is 0. The highest BCUT2D eigenvalue weighted by Gasteiger charge is 2.43. The minimum atomic E-state index is -1.17. The summed E-state index contributed by atoms with van der Waals surface area (Å²) in [6.45, 7) is 1.68. The second-order valence-electron chi connectivity index (χ2n) is 5.26. The number of hydrogen-bond acceptors (Lipinski definition) is 6. The van der Waals surface area contributed by atoms with Gasteiger partial charge in [0.2, 0.25) is 0 Å². The van der Waals surface area contributed by atoms with E-state index in [1.54, 1.807) is 6.92 Å². The second kappa shape index (κ2) is 6.07. The Morgan fingerprint density at radius 3 is 2.39 bits per heavy atom. The first-order valence-corrected chi connectivity index (χ1v) is 7.46. The van der Waals surface area contributed by atoms with Crippen molar-refractivity contribution in [1.29, 1.82) is 0 Å². The van der Waals surface area contributed by atoms with Gasteiger partial charge in [-0.15, -0.1) is 11.8 Å². The molecule has 0 aromatic rings. The number of thioether (sulfide) groups is 1. The van der Waals surface area contributed by atoms with Gasteiger partial charge in [-0.3, -0.25) is 0 Å². The Morgan fingerprint density at radius 2 is 1.72 bits per heavy atom. The molecule has 0 spiro atoms. The van der Waals surface area contributed by atoms with Crippen molar-refractivity contribution in [1.82, 2.24) is 0 Å². The van der Waals surface area contributed by atoms with E-state index in [0.717, 1.165) is 19.3 Å². The predicted molar refractivity (Wildman–Crippen MR) is 68.2 cm³/mol. The smallest absolute Gasteiger partial charge is 0.132 e. The van der Waals surface area contributed by atoms with Crippen LogP contribution in [-0.2, 0) is 4.74 Å². The van der Waals surface area contributed by atoms with Crippen molar-refractivity contribution in [3.8, 4) is 0 Å². The lowest BCUT2D eigenvalue weighted by Gasteiger charge is -2.40. The van der Waals surface area contributed by atoms with Crippen LogP contribution in [0.3, 0.4) is 0 Å². The number of hydrogen-bond donors (Lipinski definition) is 4. The van der Waals surface area contributed by atoms with Crippen molar-refractivity contribution in [2.24, 2.45) is 0 Å². The van der Waals surface area contributed by atoms with Crippen molar-refractivity contribution in [3.05, 3.63) is 0 Å². The van der Waals surface area contributed by atoms with E-state index in [0.29, 0.717) is 6.42 Å². The fourth-order valence-electron chi connectivity index (χ4n) is 2.56. The predicted octanol–water partition coefficient (Wildman–Crippen LogP) is -0.149. The molecule has 1 saturated heterocycles. The number of ether oxygens (including phenoxy) is 1. The molecule has 2 unspecified atom stereocenters. The molecule has 2 fully saturated rings. The highest BCUT2D eigenvalue weighted by Crippen LogP contribution is 2.36. The maximum atomic E-state index is 9.90. The van der Waals surface area contributed by atoms with Crippen molar-refractivity contribution in [2.75, 3.05) is 0 Å². The van der Waals surface area contributed by atoms with Gasteiger partial charge in [-0.05, 0) is 32.6 Å². The van der Waals surface area contributed by atoms with E-state index in [-0.39, 0.29) is 11.4 Å². The van der Waals surface area contributed by atoms with Crippen LogP contribution in [0.25, 0.3) is 0 Å². The summed E-state index contributed by atoms with van der Waals surface area (Å²) in [6, 6.07) is 0. The average Bonchev–Trinajstić information content (AvgIpc) is 2.33. The van der Waals surface area contributed by atoms with Crippen LogP contribution in [-0.4, -0.2) is 61.6 Å². The van der Waals surface area contributed by atoms with Gasteiger partial charge in [0.05, 0.1) is 12.2 Å². The lowest BCUT2D eigenvalue weighted by Crippen LogP contribution is -2.55. The first-order chi connectivity index (χ1) is 8.49. The zero-order valence-electron chi connectivity index (χ0n) is 10.5. The van der Waals surface area contributed by atoms with Crippen molar-refractivity contribution >= 4 is 11.8 Å². The monoisotopic (exact) mass is 278 g/mol. The molecule has 1 aliphatic heterocycles. The van der Waals surface area contributed by atoms with Crippen LogP contribution in [0.5, 0.6) is 0 Å². The van der Waals surface area contributed by atoms with Gasteiger partial charge in [0.15, 0.2) is 0 Å². The largest absolute Gasteiger partial charge is 0.393 e. The quantitative estimate of drug-likeness (QED) is 0.562. The Hall–Kier alpha value is 0.150. The minimum Gasteiger partial charge on any atom is -0.393 e. The summed E-state index contributed by atoms with van der Waals surface area (Å²) < 4.78 is 5.54. The highest BCUT2D eigenvalue weighted by atomic mass is 32.2. The maximum Gasteiger partial charge on any atom is 0.132 e. The molecular formula is C12H22O5S. The Labute approximate surface area is 111 Å². The number of rotatable bonds is 2. The third-order valence-corrected chi connectivity index (χ3v) is 5.20. The molecule has 106 valence electrons. The van der Waals surface area contributed by atoms with Crippen LogP contribution in [0.15, 0.2) is 0 Å². The average molecular weight is 278 g/mol. The zero-order chi connectivity index (χ0) is 13.3. The van der Waals surface area contributed by atoms with E-state index < -0.39 is 29.9 Å². The van der Waals surface area contributed by atoms with Crippen LogP contribution < -0.4 is 0 Å². The van der Waals surface area contributed by atoms with Gasteiger partial charge >= 0.3 is 0 Å². The van der Waals surface area contributed by atoms with Crippen molar-refractivity contribution in [3.63, 3.8) is 0 Å². The molecule has 0 radical (unpaired) electrons. The molecule has 1 heterocycles. The van der Waals surface area contributed by atoms with E-state index in [4.69, 9.17) is 4.74 Å². The van der Waals surface area contributed by atoms with E-state index in [1.165, 1.54) is 11.8 Å². The molecule has 6 heteroatoms. The fourth-order valence-corrected chi connectivity index (χ4v) is 4.14. The SMILES string of the molecule is C[C@@H]1O[C@@H](SC2CCCC(O)C2)[C@@H](O)[C@H](O)[C@@H]1O. The molecule has 1 aliphatic carbocycles. The molecule has 7 atom stereocenters. The first kappa shape index (κ1) is 14.6. The summed E-state index contributed by atoms with van der Waals surface area (Å²) >= 11 is 1.46. The van der Waals surface area contributed by atoms with Gasteiger partial charge in [-0.25, -0.2) is 0 Å². The standard InChI is InChI=1S/C12H22O5S/c1-6-9(14)10(15)11(16)12(17-6)18-8-4-2-3-7(13)5-8/h6-16H,2-5H2,1H3/t6-,7?,8?,9+,10+,11-,12-/m0/s1. The summed E-state index contributed by atoms with van der Waals surface area (Å²) in [4.78, 5) is 0. The van der Waals surface area contributed by atoms with Crippen LogP contribution in [0.1, 0.15) is 32.6 Å². The summed E-state index contributed by atoms with van der Waals surface area (Å²) in [5, 5.41) is 39.1. The summed E-state index contributed by atoms with van der Waals surface area (Å²) in [5.41, 5.74) is -0.534. The highest BCUT2D eigenvalue weighted by molar-refractivity contribution is 8.00. The molecule has 18 heavy (non-hydrogen) atoms. The topological polar surface area (TPSA) is 90.2 Å². The first-order valence-electron chi connectivity index (χ1n) is 6.52. The van der Waals surface area contributed by atoms with Crippen LogP contribution in [0.2, 0.25) is 0 Å². The second-order valence-corrected chi connectivity index (χ2v) is 6.66. The Bertz CT molecular complexity index is 277. The summed E-state index contributed by atoms with van der Waals surface area (Å²) in [5.74, 6) is 0. The third kappa shape index (κ3) is 3.18. The van der Waals surface area contributed by atoms with Crippen LogP contribution in [0.4, 0.5) is 0 Å². The molecule has 4 N–H and O–H groups in total. The van der Waals surface area contributed by atoms with Gasteiger partial charge in [-0.2, -0.15) is 0 Å². The molecular weight excluding hydrogens is 256 g/mol. The zero-order valence-corrected chi connectivity index (χ0v) is 11.3. The fraction of sp³-hybridized carbons (Fsp3) is 1.00. The van der Waals surface area contributed by atoms with E-state index in [2.05, 4.69) is 0 Å². The molecule has 0 aromatic carbocycles.